The summed E-state index contributed by atoms with van der Waals surface area (Å²) in [4.78, 5) is 11.7. The average Bonchev–Trinajstić information content (AvgIpc) is 2.25. The molecule has 3 nitrogen and oxygen atoms in total. The summed E-state index contributed by atoms with van der Waals surface area (Å²) in [5.41, 5.74) is 0.353. The van der Waals surface area contributed by atoms with E-state index < -0.39 is 5.97 Å². The Morgan fingerprint density at radius 3 is 2.67 bits per heavy atom. The largest absolute Gasteiger partial charge is 0.478 e. The third-order valence-electron chi connectivity index (χ3n) is 1.93. The highest BCUT2D eigenvalue weighted by atomic mass is 32.2. The minimum absolute atomic E-state index is 0.196. The molecule has 0 atom stereocenters. The molecule has 0 aliphatic carbocycles. The lowest BCUT2D eigenvalue weighted by molar-refractivity contribution is 0.0693. The summed E-state index contributed by atoms with van der Waals surface area (Å²) < 4.78 is 0. The van der Waals surface area contributed by atoms with Crippen molar-refractivity contribution in [1.82, 2.24) is 0 Å². The fourth-order valence-electron chi connectivity index (χ4n) is 1.17. The Morgan fingerprint density at radius 1 is 1.27 bits per heavy atom. The Labute approximate surface area is 93.1 Å². The van der Waals surface area contributed by atoms with Crippen LogP contribution in [0.3, 0.4) is 0 Å². The van der Waals surface area contributed by atoms with Gasteiger partial charge in [0.15, 0.2) is 0 Å². The highest BCUT2D eigenvalue weighted by Gasteiger charge is 2.08. The van der Waals surface area contributed by atoms with Crippen molar-refractivity contribution >= 4 is 17.7 Å². The second-order valence-electron chi connectivity index (χ2n) is 3.08. The summed E-state index contributed by atoms with van der Waals surface area (Å²) in [5.74, 6) is -0.0505. The molecule has 0 saturated carbocycles. The second kappa shape index (κ2) is 6.48. The van der Waals surface area contributed by atoms with Crippen LogP contribution >= 0.6 is 11.8 Å². The molecule has 0 amide bonds. The van der Waals surface area contributed by atoms with Crippen molar-refractivity contribution in [2.45, 2.75) is 17.7 Å². The predicted molar refractivity (Wildman–Crippen MR) is 60.4 cm³/mol. The van der Waals surface area contributed by atoms with Gasteiger partial charge in [0.2, 0.25) is 0 Å². The zero-order chi connectivity index (χ0) is 11.1. The van der Waals surface area contributed by atoms with E-state index in [4.69, 9.17) is 10.2 Å². The molecule has 0 radical (unpaired) electrons. The van der Waals surface area contributed by atoms with Crippen molar-refractivity contribution in [3.63, 3.8) is 0 Å². The molecule has 1 aromatic carbocycles. The number of benzene rings is 1. The van der Waals surface area contributed by atoms with Gasteiger partial charge in [0.25, 0.3) is 0 Å². The van der Waals surface area contributed by atoms with Crippen molar-refractivity contribution < 1.29 is 15.0 Å². The smallest absolute Gasteiger partial charge is 0.336 e. The van der Waals surface area contributed by atoms with Crippen molar-refractivity contribution in [3.05, 3.63) is 29.8 Å². The molecule has 4 heteroatoms. The van der Waals surface area contributed by atoms with Crippen LogP contribution in [0.4, 0.5) is 0 Å². The second-order valence-corrected chi connectivity index (χ2v) is 4.22. The number of hydrogen-bond donors (Lipinski definition) is 2. The molecular formula is C11H14O3S. The monoisotopic (exact) mass is 226 g/mol. The van der Waals surface area contributed by atoms with Gasteiger partial charge < -0.3 is 10.2 Å². The van der Waals surface area contributed by atoms with Gasteiger partial charge in [-0.25, -0.2) is 4.79 Å². The maximum Gasteiger partial charge on any atom is 0.336 e. The minimum Gasteiger partial charge on any atom is -0.478 e. The van der Waals surface area contributed by atoms with E-state index in [2.05, 4.69) is 0 Å². The molecular weight excluding hydrogens is 212 g/mol. The number of aliphatic hydroxyl groups is 1. The average molecular weight is 226 g/mol. The third-order valence-corrected chi connectivity index (χ3v) is 3.09. The molecule has 0 spiro atoms. The lowest BCUT2D eigenvalue weighted by Gasteiger charge is -2.04. The zero-order valence-corrected chi connectivity index (χ0v) is 9.17. The van der Waals surface area contributed by atoms with Gasteiger partial charge in [0, 0.05) is 11.5 Å². The molecule has 82 valence electrons. The van der Waals surface area contributed by atoms with E-state index in [1.54, 1.807) is 12.1 Å². The molecule has 0 aromatic heterocycles. The first-order chi connectivity index (χ1) is 7.25. The standard InChI is InChI=1S/C11H14O3S/c12-7-3-4-8-15-10-6-2-1-5-9(10)11(13)14/h1-2,5-6,12H,3-4,7-8H2,(H,13,14). The zero-order valence-electron chi connectivity index (χ0n) is 8.35. The van der Waals surface area contributed by atoms with E-state index >= 15 is 0 Å². The van der Waals surface area contributed by atoms with Crippen molar-refractivity contribution in [1.29, 1.82) is 0 Å². The van der Waals surface area contributed by atoms with Gasteiger partial charge in [-0.15, -0.1) is 11.8 Å². The number of aromatic carboxylic acids is 1. The number of carboxylic acid groups (broad SMARTS) is 1. The lowest BCUT2D eigenvalue weighted by Crippen LogP contribution is -1.98. The molecule has 0 heterocycles. The van der Waals surface area contributed by atoms with Gasteiger partial charge in [-0.05, 0) is 30.7 Å². The molecule has 15 heavy (non-hydrogen) atoms. The van der Waals surface area contributed by atoms with Gasteiger partial charge in [0.1, 0.15) is 0 Å². The Morgan fingerprint density at radius 2 is 2.00 bits per heavy atom. The summed E-state index contributed by atoms with van der Waals surface area (Å²) in [5, 5.41) is 17.5. The van der Waals surface area contributed by atoms with Crippen molar-refractivity contribution in [3.8, 4) is 0 Å². The fourth-order valence-corrected chi connectivity index (χ4v) is 2.22. The molecule has 0 bridgehead atoms. The van der Waals surface area contributed by atoms with E-state index in [1.807, 2.05) is 12.1 Å². The van der Waals surface area contributed by atoms with Gasteiger partial charge >= 0.3 is 5.97 Å². The quantitative estimate of drug-likeness (QED) is 0.577. The third kappa shape index (κ3) is 3.93. The Bertz CT molecular complexity index is 325. The maximum atomic E-state index is 10.9. The summed E-state index contributed by atoms with van der Waals surface area (Å²) in [6.07, 6.45) is 1.66. The normalized spacial score (nSPS) is 10.2. The van der Waals surface area contributed by atoms with E-state index in [9.17, 15) is 4.79 Å². The molecule has 1 rings (SSSR count). The summed E-state index contributed by atoms with van der Waals surface area (Å²) in [6, 6.07) is 6.98. The Kier molecular flexibility index (Phi) is 5.21. The SMILES string of the molecule is O=C(O)c1ccccc1SCCCCO. The summed E-state index contributed by atoms with van der Waals surface area (Å²) >= 11 is 1.52. The van der Waals surface area contributed by atoms with Gasteiger partial charge in [-0.1, -0.05) is 12.1 Å². The fraction of sp³-hybridized carbons (Fsp3) is 0.364. The molecule has 0 saturated heterocycles. The first kappa shape index (κ1) is 12.1. The van der Waals surface area contributed by atoms with Crippen LogP contribution in [0.15, 0.2) is 29.2 Å². The van der Waals surface area contributed by atoms with Crippen LogP contribution in [-0.4, -0.2) is 28.5 Å². The van der Waals surface area contributed by atoms with Crippen LogP contribution in [0.2, 0.25) is 0 Å². The summed E-state index contributed by atoms with van der Waals surface area (Å²) in [7, 11) is 0. The molecule has 2 N–H and O–H groups in total. The van der Waals surface area contributed by atoms with Crippen molar-refractivity contribution in [2.24, 2.45) is 0 Å². The number of aliphatic hydroxyl groups excluding tert-OH is 1. The Hall–Kier alpha value is -1.00. The first-order valence-corrected chi connectivity index (χ1v) is 5.80. The van der Waals surface area contributed by atoms with Crippen LogP contribution in [0.25, 0.3) is 0 Å². The first-order valence-electron chi connectivity index (χ1n) is 4.81. The van der Waals surface area contributed by atoms with Crippen molar-refractivity contribution in [2.75, 3.05) is 12.4 Å². The van der Waals surface area contributed by atoms with Gasteiger partial charge in [0.05, 0.1) is 5.56 Å². The number of carbonyl (C=O) groups is 1. The molecule has 0 unspecified atom stereocenters. The maximum absolute atomic E-state index is 10.9. The molecule has 0 aliphatic heterocycles. The number of rotatable bonds is 6. The minimum atomic E-state index is -0.889. The van der Waals surface area contributed by atoms with Gasteiger partial charge in [-0.2, -0.15) is 0 Å². The van der Waals surface area contributed by atoms with Crippen LogP contribution in [0.1, 0.15) is 23.2 Å². The number of thioether (sulfide) groups is 1. The van der Waals surface area contributed by atoms with E-state index in [-0.39, 0.29) is 6.61 Å². The van der Waals surface area contributed by atoms with Crippen LogP contribution in [-0.2, 0) is 0 Å². The number of hydrogen-bond acceptors (Lipinski definition) is 3. The summed E-state index contributed by atoms with van der Waals surface area (Å²) in [6.45, 7) is 0.196. The Balaban J connectivity index is 2.56. The molecule has 0 aliphatic rings. The van der Waals surface area contributed by atoms with Crippen LogP contribution < -0.4 is 0 Å². The van der Waals surface area contributed by atoms with E-state index in [1.165, 1.54) is 11.8 Å². The highest BCUT2D eigenvalue weighted by molar-refractivity contribution is 7.99. The molecule has 0 fully saturated rings. The topological polar surface area (TPSA) is 57.5 Å². The van der Waals surface area contributed by atoms with E-state index in [0.717, 1.165) is 23.5 Å². The molecule has 1 aromatic rings. The predicted octanol–water partition coefficient (Wildman–Crippen LogP) is 2.25. The van der Waals surface area contributed by atoms with Crippen LogP contribution in [0.5, 0.6) is 0 Å². The van der Waals surface area contributed by atoms with Crippen LogP contribution in [0, 0.1) is 0 Å². The van der Waals surface area contributed by atoms with Gasteiger partial charge in [-0.3, -0.25) is 0 Å². The number of carboxylic acids is 1. The highest BCUT2D eigenvalue weighted by Crippen LogP contribution is 2.23. The number of unbranched alkanes of at least 4 members (excludes halogenated alkanes) is 1. The lowest BCUT2D eigenvalue weighted by atomic mass is 10.2. The van der Waals surface area contributed by atoms with E-state index in [0.29, 0.717) is 5.56 Å².